The third-order valence-electron chi connectivity index (χ3n) is 4.90. The van der Waals surface area contributed by atoms with Crippen molar-refractivity contribution in [2.45, 2.75) is 4.90 Å². The van der Waals surface area contributed by atoms with E-state index in [0.29, 0.717) is 26.2 Å². The van der Waals surface area contributed by atoms with Crippen LogP contribution in [-0.4, -0.2) is 45.4 Å². The number of rotatable bonds is 7. The molecule has 0 unspecified atom stereocenters. The number of carbonyl (C=O) groups is 1. The highest BCUT2D eigenvalue weighted by molar-refractivity contribution is 7.89. The maximum absolute atomic E-state index is 13.5. The number of benzene rings is 2. The molecule has 1 aliphatic rings. The van der Waals surface area contributed by atoms with E-state index in [1.165, 1.54) is 30.4 Å². The molecule has 2 aromatic rings. The number of hydrogen-bond acceptors (Lipinski definition) is 4. The number of carbonyl (C=O) groups excluding carboxylic acids is 1. The summed E-state index contributed by atoms with van der Waals surface area (Å²) in [6.45, 7) is 8.96. The average molecular weight is 442 g/mol. The van der Waals surface area contributed by atoms with E-state index >= 15 is 0 Å². The van der Waals surface area contributed by atoms with E-state index in [1.54, 1.807) is 11.0 Å². The van der Waals surface area contributed by atoms with E-state index in [1.807, 2.05) is 30.3 Å². The van der Waals surface area contributed by atoms with E-state index in [4.69, 9.17) is 0 Å². The van der Waals surface area contributed by atoms with Gasteiger partial charge in [0, 0.05) is 37.4 Å². The van der Waals surface area contributed by atoms with Gasteiger partial charge in [-0.3, -0.25) is 9.52 Å². The lowest BCUT2D eigenvalue weighted by molar-refractivity contribution is 0.0746. The Hall–Kier alpha value is -3.39. The summed E-state index contributed by atoms with van der Waals surface area (Å²) in [5.74, 6) is -1.19. The quantitative estimate of drug-likeness (QED) is 0.668. The number of amides is 1. The Morgan fingerprint density at radius 2 is 1.71 bits per heavy atom. The molecule has 3 rings (SSSR count). The third kappa shape index (κ3) is 5.40. The Morgan fingerprint density at radius 3 is 2.32 bits per heavy atom. The van der Waals surface area contributed by atoms with E-state index < -0.39 is 15.9 Å². The van der Waals surface area contributed by atoms with Crippen LogP contribution in [0.4, 0.5) is 10.1 Å². The summed E-state index contributed by atoms with van der Waals surface area (Å²) in [4.78, 5) is 16.7. The standard InChI is InChI=1S/C23H24FN3O3S/c1-3-8-22(18(2)24)25-31(29,30)21-12-7-9-19(17-21)23(28)27-15-13-26(14-16-27)20-10-5-4-6-11-20/h3-12,17,25H,1-2,13-16H2/b22-8+. The van der Waals surface area contributed by atoms with Crippen LogP contribution in [0.15, 0.2) is 96.3 Å². The highest BCUT2D eigenvalue weighted by Gasteiger charge is 2.24. The molecule has 0 radical (unpaired) electrons. The molecule has 8 heteroatoms. The van der Waals surface area contributed by atoms with Crippen LogP contribution < -0.4 is 9.62 Å². The van der Waals surface area contributed by atoms with Gasteiger partial charge in [0.2, 0.25) is 0 Å². The SMILES string of the molecule is C=C/C=C(/NS(=O)(=O)c1cccc(C(=O)N2CCN(c3ccccc3)CC2)c1)C(=C)F. The van der Waals surface area contributed by atoms with Crippen molar-refractivity contribution in [2.75, 3.05) is 31.1 Å². The molecular formula is C23H24FN3O3S. The largest absolute Gasteiger partial charge is 0.368 e. The van der Waals surface area contributed by atoms with Crippen molar-refractivity contribution in [3.05, 3.63) is 97.0 Å². The maximum Gasteiger partial charge on any atom is 0.262 e. The molecule has 0 saturated carbocycles. The van der Waals surface area contributed by atoms with Crippen LogP contribution in [0.3, 0.4) is 0 Å². The second-order valence-corrected chi connectivity index (χ2v) is 8.65. The van der Waals surface area contributed by atoms with Gasteiger partial charge in [-0.05, 0) is 36.4 Å². The zero-order valence-electron chi connectivity index (χ0n) is 17.0. The smallest absolute Gasteiger partial charge is 0.262 e. The predicted octanol–water partition coefficient (Wildman–Crippen LogP) is 3.48. The van der Waals surface area contributed by atoms with Gasteiger partial charge in [0.15, 0.2) is 0 Å². The van der Waals surface area contributed by atoms with Crippen LogP contribution in [0, 0.1) is 0 Å². The van der Waals surface area contributed by atoms with Crippen LogP contribution in [0.1, 0.15) is 10.4 Å². The predicted molar refractivity (Wildman–Crippen MR) is 120 cm³/mol. The number of piperazine rings is 1. The number of sulfonamides is 1. The fraction of sp³-hybridized carbons (Fsp3) is 0.174. The lowest BCUT2D eigenvalue weighted by Crippen LogP contribution is -2.48. The molecule has 0 aliphatic carbocycles. The zero-order chi connectivity index (χ0) is 22.4. The van der Waals surface area contributed by atoms with Crippen molar-refractivity contribution in [3.63, 3.8) is 0 Å². The monoisotopic (exact) mass is 441 g/mol. The van der Waals surface area contributed by atoms with Gasteiger partial charge in [-0.2, -0.15) is 0 Å². The molecule has 0 spiro atoms. The molecular weight excluding hydrogens is 417 g/mol. The number of para-hydroxylation sites is 1. The van der Waals surface area contributed by atoms with Crippen molar-refractivity contribution >= 4 is 21.6 Å². The third-order valence-corrected chi connectivity index (χ3v) is 6.26. The lowest BCUT2D eigenvalue weighted by Gasteiger charge is -2.36. The molecule has 0 bridgehead atoms. The topological polar surface area (TPSA) is 69.7 Å². The first-order valence-electron chi connectivity index (χ1n) is 9.71. The van der Waals surface area contributed by atoms with Gasteiger partial charge < -0.3 is 9.80 Å². The highest BCUT2D eigenvalue weighted by atomic mass is 32.2. The van der Waals surface area contributed by atoms with Gasteiger partial charge in [-0.25, -0.2) is 12.8 Å². The molecule has 1 fully saturated rings. The van der Waals surface area contributed by atoms with Gasteiger partial charge >= 0.3 is 0 Å². The maximum atomic E-state index is 13.5. The second kappa shape index (κ2) is 9.61. The summed E-state index contributed by atoms with van der Waals surface area (Å²) in [6.07, 6.45) is 2.42. The van der Waals surface area contributed by atoms with Crippen LogP contribution in [-0.2, 0) is 10.0 Å². The summed E-state index contributed by atoms with van der Waals surface area (Å²) < 4.78 is 40.9. The molecule has 0 aromatic heterocycles. The number of nitrogens with zero attached hydrogens (tertiary/aromatic N) is 2. The Labute approximate surface area is 182 Å². The molecule has 1 aliphatic heterocycles. The average Bonchev–Trinajstić information content (AvgIpc) is 2.79. The van der Waals surface area contributed by atoms with E-state index in [2.05, 4.69) is 22.8 Å². The first-order valence-corrected chi connectivity index (χ1v) is 11.2. The first kappa shape index (κ1) is 22.3. The highest BCUT2D eigenvalue weighted by Crippen LogP contribution is 2.19. The van der Waals surface area contributed by atoms with Crippen molar-refractivity contribution < 1.29 is 17.6 Å². The molecule has 1 saturated heterocycles. The van der Waals surface area contributed by atoms with Gasteiger partial charge in [0.05, 0.1) is 10.6 Å². The molecule has 6 nitrogen and oxygen atoms in total. The van der Waals surface area contributed by atoms with Crippen LogP contribution in [0.5, 0.6) is 0 Å². The summed E-state index contributed by atoms with van der Waals surface area (Å²) >= 11 is 0. The Kier molecular flexibility index (Phi) is 6.91. The fourth-order valence-corrected chi connectivity index (χ4v) is 4.41. The number of anilines is 1. The minimum Gasteiger partial charge on any atom is -0.368 e. The van der Waals surface area contributed by atoms with Crippen LogP contribution >= 0.6 is 0 Å². The first-order chi connectivity index (χ1) is 14.8. The number of halogens is 1. The fourth-order valence-electron chi connectivity index (χ4n) is 3.29. The number of allylic oxidation sites excluding steroid dienone is 3. The van der Waals surface area contributed by atoms with Gasteiger partial charge in [-0.15, -0.1) is 0 Å². The van der Waals surface area contributed by atoms with Crippen molar-refractivity contribution in [1.29, 1.82) is 0 Å². The minimum atomic E-state index is -4.10. The van der Waals surface area contributed by atoms with Crippen LogP contribution in [0.25, 0.3) is 0 Å². The molecule has 31 heavy (non-hydrogen) atoms. The zero-order valence-corrected chi connectivity index (χ0v) is 17.8. The molecule has 1 amide bonds. The Morgan fingerprint density at radius 1 is 1.03 bits per heavy atom. The van der Waals surface area contributed by atoms with Crippen molar-refractivity contribution in [2.24, 2.45) is 0 Å². The van der Waals surface area contributed by atoms with Gasteiger partial charge in [-0.1, -0.05) is 43.5 Å². The van der Waals surface area contributed by atoms with Gasteiger partial charge in [0.1, 0.15) is 5.83 Å². The Bertz CT molecular complexity index is 1110. The molecule has 162 valence electrons. The number of nitrogens with one attached hydrogen (secondary N) is 1. The van der Waals surface area contributed by atoms with E-state index in [-0.39, 0.29) is 22.1 Å². The summed E-state index contributed by atoms with van der Waals surface area (Å²) in [5.41, 5.74) is 1.04. The van der Waals surface area contributed by atoms with E-state index in [0.717, 1.165) is 5.69 Å². The lowest BCUT2D eigenvalue weighted by atomic mass is 10.1. The van der Waals surface area contributed by atoms with Crippen molar-refractivity contribution in [3.8, 4) is 0 Å². The van der Waals surface area contributed by atoms with Gasteiger partial charge in [0.25, 0.3) is 15.9 Å². The normalized spacial score (nSPS) is 14.8. The molecule has 1 N–H and O–H groups in total. The Balaban J connectivity index is 1.72. The number of hydrogen-bond donors (Lipinski definition) is 1. The summed E-state index contributed by atoms with van der Waals surface area (Å²) in [5, 5.41) is 0. The second-order valence-electron chi connectivity index (χ2n) is 6.97. The minimum absolute atomic E-state index is 0.141. The van der Waals surface area contributed by atoms with Crippen molar-refractivity contribution in [1.82, 2.24) is 9.62 Å². The molecule has 0 atom stereocenters. The molecule has 1 heterocycles. The molecule has 2 aromatic carbocycles. The summed E-state index contributed by atoms with van der Waals surface area (Å²) in [7, 11) is -4.10. The summed E-state index contributed by atoms with van der Waals surface area (Å²) in [6, 6.07) is 15.7. The van der Waals surface area contributed by atoms with E-state index in [9.17, 15) is 17.6 Å². The van der Waals surface area contributed by atoms with Crippen LogP contribution in [0.2, 0.25) is 0 Å².